The van der Waals surface area contributed by atoms with Crippen molar-refractivity contribution in [2.75, 3.05) is 18.6 Å². The summed E-state index contributed by atoms with van der Waals surface area (Å²) < 4.78 is 0. The van der Waals surface area contributed by atoms with Crippen molar-refractivity contribution >= 4 is 11.8 Å². The van der Waals surface area contributed by atoms with E-state index in [1.54, 1.807) is 0 Å². The van der Waals surface area contributed by atoms with Crippen LogP contribution in [0.25, 0.3) is 0 Å². The zero-order valence-corrected chi connectivity index (χ0v) is 7.71. The fraction of sp³-hybridized carbons (Fsp3) is 0.750. The molecule has 0 fully saturated rings. The van der Waals surface area contributed by atoms with Gasteiger partial charge in [-0.05, 0) is 12.7 Å². The summed E-state index contributed by atoms with van der Waals surface area (Å²) in [6, 6.07) is 0.660. The predicted molar refractivity (Wildman–Crippen MR) is 50.7 cm³/mol. The highest BCUT2D eigenvalue weighted by Crippen LogP contribution is 1.99. The van der Waals surface area contributed by atoms with Crippen molar-refractivity contribution in [2.24, 2.45) is 0 Å². The molecule has 0 aromatic heterocycles. The van der Waals surface area contributed by atoms with Crippen molar-refractivity contribution in [3.05, 3.63) is 12.7 Å². The van der Waals surface area contributed by atoms with Crippen LogP contribution < -0.4 is 5.32 Å². The van der Waals surface area contributed by atoms with E-state index >= 15 is 0 Å². The van der Waals surface area contributed by atoms with Crippen LogP contribution in [0.4, 0.5) is 0 Å². The molecule has 0 bridgehead atoms. The molecule has 1 unspecified atom stereocenters. The van der Waals surface area contributed by atoms with Gasteiger partial charge in [-0.15, -0.1) is 6.58 Å². The maximum Gasteiger partial charge on any atom is 0.0158 e. The summed E-state index contributed by atoms with van der Waals surface area (Å²) in [6.07, 6.45) is 5.25. The molecule has 0 rings (SSSR count). The summed E-state index contributed by atoms with van der Waals surface area (Å²) in [5.41, 5.74) is 0. The monoisotopic (exact) mass is 159 g/mol. The maximum absolute atomic E-state index is 3.66. The number of rotatable bonds is 6. The predicted octanol–water partition coefficient (Wildman–Crippen LogP) is 1.90. The zero-order chi connectivity index (χ0) is 7.82. The number of hydrogen-bond donors (Lipinski definition) is 1. The Kier molecular flexibility index (Phi) is 7.20. The molecule has 0 aliphatic rings. The quantitative estimate of drug-likeness (QED) is 0.594. The minimum absolute atomic E-state index is 0.660. The average molecular weight is 159 g/mol. The lowest BCUT2D eigenvalue weighted by molar-refractivity contribution is 0.575. The van der Waals surface area contributed by atoms with Crippen molar-refractivity contribution < 1.29 is 0 Å². The molecule has 0 heterocycles. The highest BCUT2D eigenvalue weighted by Gasteiger charge is 2.00. The Balaban J connectivity index is 3.29. The van der Waals surface area contributed by atoms with Gasteiger partial charge in [0.2, 0.25) is 0 Å². The molecule has 0 aliphatic carbocycles. The molecule has 0 spiro atoms. The van der Waals surface area contributed by atoms with Crippen LogP contribution in [0.5, 0.6) is 0 Å². The van der Waals surface area contributed by atoms with E-state index in [-0.39, 0.29) is 0 Å². The van der Waals surface area contributed by atoms with Crippen molar-refractivity contribution in [3.8, 4) is 0 Å². The highest BCUT2D eigenvalue weighted by atomic mass is 32.2. The summed E-state index contributed by atoms with van der Waals surface area (Å²) in [7, 11) is 0. The van der Waals surface area contributed by atoms with Gasteiger partial charge >= 0.3 is 0 Å². The largest absolute Gasteiger partial charge is 0.310 e. The van der Waals surface area contributed by atoms with Crippen LogP contribution in [0.2, 0.25) is 0 Å². The van der Waals surface area contributed by atoms with Gasteiger partial charge < -0.3 is 5.32 Å². The normalized spacial score (nSPS) is 13.0. The molecule has 1 nitrogen and oxygen atoms in total. The van der Waals surface area contributed by atoms with Gasteiger partial charge in [-0.3, -0.25) is 0 Å². The van der Waals surface area contributed by atoms with Gasteiger partial charge in [0.15, 0.2) is 0 Å². The lowest BCUT2D eigenvalue weighted by atomic mass is 10.2. The first-order valence-corrected chi connectivity index (χ1v) is 5.07. The number of hydrogen-bond acceptors (Lipinski definition) is 2. The van der Waals surface area contributed by atoms with Crippen molar-refractivity contribution in [1.29, 1.82) is 0 Å². The summed E-state index contributed by atoms with van der Waals surface area (Å²) >= 11 is 1.89. The van der Waals surface area contributed by atoms with Crippen LogP contribution in [0.1, 0.15) is 13.3 Å². The minimum Gasteiger partial charge on any atom is -0.310 e. The van der Waals surface area contributed by atoms with Gasteiger partial charge in [0.05, 0.1) is 0 Å². The molecule has 1 atom stereocenters. The van der Waals surface area contributed by atoms with E-state index in [4.69, 9.17) is 0 Å². The van der Waals surface area contributed by atoms with E-state index in [2.05, 4.69) is 25.1 Å². The molecule has 0 amide bonds. The van der Waals surface area contributed by atoms with Crippen LogP contribution in [-0.4, -0.2) is 24.6 Å². The third kappa shape index (κ3) is 4.89. The second-order valence-corrected chi connectivity index (χ2v) is 3.17. The molecule has 0 aromatic rings. The second kappa shape index (κ2) is 7.16. The molecule has 60 valence electrons. The van der Waals surface area contributed by atoms with E-state index in [0.717, 1.165) is 6.54 Å². The van der Waals surface area contributed by atoms with Gasteiger partial charge in [0, 0.05) is 18.3 Å². The lowest BCUT2D eigenvalue weighted by Crippen LogP contribution is -2.30. The van der Waals surface area contributed by atoms with Gasteiger partial charge in [0.1, 0.15) is 0 Å². The molecule has 0 radical (unpaired) electrons. The first-order chi connectivity index (χ1) is 4.85. The third-order valence-corrected chi connectivity index (χ3v) is 2.15. The maximum atomic E-state index is 3.66. The first kappa shape index (κ1) is 10.0. The van der Waals surface area contributed by atoms with Crippen LogP contribution >= 0.6 is 11.8 Å². The Bertz CT molecular complexity index is 83.3. The Labute approximate surface area is 68.3 Å². The van der Waals surface area contributed by atoms with E-state index in [1.165, 1.54) is 12.2 Å². The SMILES string of the molecule is C=CCNC(CC)CSC. The second-order valence-electron chi connectivity index (χ2n) is 2.26. The van der Waals surface area contributed by atoms with Gasteiger partial charge in [-0.2, -0.15) is 11.8 Å². The molecule has 0 saturated carbocycles. The van der Waals surface area contributed by atoms with Crippen molar-refractivity contribution in [3.63, 3.8) is 0 Å². The summed E-state index contributed by atoms with van der Waals surface area (Å²) in [4.78, 5) is 0. The zero-order valence-electron chi connectivity index (χ0n) is 6.89. The minimum atomic E-state index is 0.660. The standard InChI is InChI=1S/C8H17NS/c1-4-6-9-8(5-2)7-10-3/h4,8-9H,1,5-7H2,2-3H3. The van der Waals surface area contributed by atoms with Gasteiger partial charge in [-0.25, -0.2) is 0 Å². The molecule has 1 N–H and O–H groups in total. The van der Waals surface area contributed by atoms with Gasteiger partial charge in [-0.1, -0.05) is 13.0 Å². The van der Waals surface area contributed by atoms with Crippen molar-refractivity contribution in [2.45, 2.75) is 19.4 Å². The average Bonchev–Trinajstić information content (AvgIpc) is 1.98. The van der Waals surface area contributed by atoms with Crippen LogP contribution in [0, 0.1) is 0 Å². The Hall–Kier alpha value is 0.0500. The summed E-state index contributed by atoms with van der Waals surface area (Å²) in [5.74, 6) is 1.20. The Morgan fingerprint density at radius 2 is 2.40 bits per heavy atom. The van der Waals surface area contributed by atoms with Crippen molar-refractivity contribution in [1.82, 2.24) is 5.32 Å². The highest BCUT2D eigenvalue weighted by molar-refractivity contribution is 7.98. The molecule has 10 heavy (non-hydrogen) atoms. The van der Waals surface area contributed by atoms with E-state index in [1.807, 2.05) is 17.8 Å². The number of thioether (sulfide) groups is 1. The summed E-state index contributed by atoms with van der Waals surface area (Å²) in [5, 5.41) is 3.38. The molecule has 0 aromatic carbocycles. The molecule has 2 heteroatoms. The fourth-order valence-electron chi connectivity index (χ4n) is 0.772. The molecular weight excluding hydrogens is 142 g/mol. The Morgan fingerprint density at radius 3 is 2.80 bits per heavy atom. The fourth-order valence-corrected chi connectivity index (χ4v) is 1.53. The molecular formula is C8H17NS. The number of nitrogens with one attached hydrogen (secondary N) is 1. The first-order valence-electron chi connectivity index (χ1n) is 3.68. The molecule has 0 aliphatic heterocycles. The van der Waals surface area contributed by atoms with Gasteiger partial charge in [0.25, 0.3) is 0 Å². The summed E-state index contributed by atoms with van der Waals surface area (Å²) in [6.45, 7) is 6.79. The lowest BCUT2D eigenvalue weighted by Gasteiger charge is -2.13. The van der Waals surface area contributed by atoms with Crippen LogP contribution in [0.15, 0.2) is 12.7 Å². The Morgan fingerprint density at radius 1 is 1.70 bits per heavy atom. The smallest absolute Gasteiger partial charge is 0.0158 e. The van der Waals surface area contributed by atoms with E-state index < -0.39 is 0 Å². The molecule has 0 saturated heterocycles. The van der Waals surface area contributed by atoms with E-state index in [0.29, 0.717) is 6.04 Å². The van der Waals surface area contributed by atoms with Crippen LogP contribution in [0.3, 0.4) is 0 Å². The van der Waals surface area contributed by atoms with Crippen LogP contribution in [-0.2, 0) is 0 Å². The topological polar surface area (TPSA) is 12.0 Å². The van der Waals surface area contributed by atoms with E-state index in [9.17, 15) is 0 Å². The third-order valence-electron chi connectivity index (χ3n) is 1.41.